The lowest BCUT2D eigenvalue weighted by molar-refractivity contribution is 0.0817. The van der Waals surface area contributed by atoms with Crippen LogP contribution in [0.15, 0.2) is 10.6 Å². The molecule has 0 saturated carbocycles. The van der Waals surface area contributed by atoms with E-state index in [0.717, 1.165) is 0 Å². The van der Waals surface area contributed by atoms with Crippen LogP contribution in [-0.2, 0) is 6.54 Å². The number of amides is 1. The van der Waals surface area contributed by atoms with E-state index in [1.807, 2.05) is 0 Å². The van der Waals surface area contributed by atoms with Crippen molar-refractivity contribution >= 4 is 5.91 Å². The first kappa shape index (κ1) is 9.73. The van der Waals surface area contributed by atoms with Crippen molar-refractivity contribution in [3.8, 4) is 0 Å². The summed E-state index contributed by atoms with van der Waals surface area (Å²) < 4.78 is 4.92. The van der Waals surface area contributed by atoms with Gasteiger partial charge in [-0.1, -0.05) is 5.16 Å². The summed E-state index contributed by atoms with van der Waals surface area (Å²) in [5.74, 6) is 0.513. The summed E-state index contributed by atoms with van der Waals surface area (Å²) in [7, 11) is 5.15. The second-order valence-electron chi connectivity index (χ2n) is 2.91. The molecule has 0 atom stereocenters. The lowest BCUT2D eigenvalue weighted by atomic mass is 10.3. The lowest BCUT2D eigenvalue weighted by Crippen LogP contribution is -2.21. The molecule has 1 amide bonds. The van der Waals surface area contributed by atoms with Gasteiger partial charge in [-0.25, -0.2) is 0 Å². The Kier molecular flexibility index (Phi) is 3.02. The number of aromatic nitrogens is 1. The smallest absolute Gasteiger partial charge is 0.275 e. The molecule has 1 aromatic rings. The van der Waals surface area contributed by atoms with Gasteiger partial charge in [0.05, 0.1) is 6.54 Å². The Bertz CT molecular complexity index is 293. The Morgan fingerprint density at radius 3 is 2.92 bits per heavy atom. The second-order valence-corrected chi connectivity index (χ2v) is 2.91. The molecule has 1 aromatic heterocycles. The third-order valence-electron chi connectivity index (χ3n) is 1.54. The summed E-state index contributed by atoms with van der Waals surface area (Å²) in [6.45, 7) is 0.577. The van der Waals surface area contributed by atoms with E-state index in [0.29, 0.717) is 18.0 Å². The molecule has 0 spiro atoms. The minimum Gasteiger partial charge on any atom is -0.359 e. The summed E-state index contributed by atoms with van der Waals surface area (Å²) in [4.78, 5) is 12.8. The summed E-state index contributed by atoms with van der Waals surface area (Å²) in [6, 6.07) is 1.64. The van der Waals surface area contributed by atoms with Crippen molar-refractivity contribution in [2.75, 3.05) is 21.1 Å². The molecule has 0 bridgehead atoms. The van der Waals surface area contributed by atoms with Gasteiger partial charge >= 0.3 is 0 Å². The Morgan fingerprint density at radius 2 is 2.38 bits per heavy atom. The zero-order chi connectivity index (χ0) is 9.84. The predicted molar refractivity (Wildman–Crippen MR) is 47.3 cm³/mol. The predicted octanol–water partition coefficient (Wildman–Crippen LogP) is 0.0958. The maximum Gasteiger partial charge on any atom is 0.275 e. The van der Waals surface area contributed by atoms with Crippen LogP contribution >= 0.6 is 0 Å². The van der Waals surface area contributed by atoms with E-state index in [1.165, 1.54) is 4.90 Å². The molecule has 0 aliphatic carbocycles. The molecule has 13 heavy (non-hydrogen) atoms. The van der Waals surface area contributed by atoms with Crippen LogP contribution in [0.5, 0.6) is 0 Å². The van der Waals surface area contributed by atoms with Gasteiger partial charge < -0.3 is 14.7 Å². The third kappa shape index (κ3) is 2.29. The molecule has 0 aliphatic rings. The molecule has 5 nitrogen and oxygen atoms in total. The van der Waals surface area contributed by atoms with Crippen LogP contribution in [0.2, 0.25) is 0 Å². The number of nitrogens with one attached hydrogen (secondary N) is 1. The monoisotopic (exact) mass is 183 g/mol. The summed E-state index contributed by atoms with van der Waals surface area (Å²) in [6.07, 6.45) is 0. The Morgan fingerprint density at radius 1 is 1.69 bits per heavy atom. The number of carbonyl (C=O) groups excluding carboxylic acids is 1. The number of hydrogen-bond acceptors (Lipinski definition) is 4. The molecule has 72 valence electrons. The average Bonchev–Trinajstić information content (AvgIpc) is 2.52. The van der Waals surface area contributed by atoms with Gasteiger partial charge in [0.15, 0.2) is 11.5 Å². The van der Waals surface area contributed by atoms with Crippen LogP contribution in [0.4, 0.5) is 0 Å². The fourth-order valence-electron chi connectivity index (χ4n) is 0.900. The molecule has 0 unspecified atom stereocenters. The van der Waals surface area contributed by atoms with Crippen molar-refractivity contribution in [3.05, 3.63) is 17.5 Å². The Hall–Kier alpha value is -1.36. The first-order chi connectivity index (χ1) is 6.15. The van der Waals surface area contributed by atoms with Crippen LogP contribution in [0.25, 0.3) is 0 Å². The van der Waals surface area contributed by atoms with Crippen LogP contribution in [0.3, 0.4) is 0 Å². The molecule has 1 rings (SSSR count). The highest BCUT2D eigenvalue weighted by atomic mass is 16.5. The molecule has 0 aliphatic heterocycles. The fourth-order valence-corrected chi connectivity index (χ4v) is 0.900. The molecule has 0 fully saturated rings. The molecule has 5 heteroatoms. The van der Waals surface area contributed by atoms with Crippen LogP contribution in [0, 0.1) is 0 Å². The van der Waals surface area contributed by atoms with Crippen molar-refractivity contribution in [1.29, 1.82) is 0 Å². The number of carbonyl (C=O) groups is 1. The lowest BCUT2D eigenvalue weighted by Gasteiger charge is -2.05. The van der Waals surface area contributed by atoms with Gasteiger partial charge in [-0.2, -0.15) is 0 Å². The zero-order valence-electron chi connectivity index (χ0n) is 8.00. The van der Waals surface area contributed by atoms with Crippen molar-refractivity contribution in [3.63, 3.8) is 0 Å². The normalized spacial score (nSPS) is 10.1. The summed E-state index contributed by atoms with van der Waals surface area (Å²) in [5, 5.41) is 6.56. The third-order valence-corrected chi connectivity index (χ3v) is 1.54. The van der Waals surface area contributed by atoms with Crippen LogP contribution < -0.4 is 5.32 Å². The first-order valence-electron chi connectivity index (χ1n) is 3.97. The van der Waals surface area contributed by atoms with E-state index < -0.39 is 0 Å². The minimum atomic E-state index is -0.147. The maximum absolute atomic E-state index is 11.3. The maximum atomic E-state index is 11.3. The Labute approximate surface area is 76.7 Å². The van der Waals surface area contributed by atoms with E-state index in [1.54, 1.807) is 27.2 Å². The van der Waals surface area contributed by atoms with E-state index in [9.17, 15) is 4.79 Å². The first-order valence-corrected chi connectivity index (χ1v) is 3.97. The van der Waals surface area contributed by atoms with Gasteiger partial charge in [-0.15, -0.1) is 0 Å². The van der Waals surface area contributed by atoms with Gasteiger partial charge in [-0.05, 0) is 7.05 Å². The topological polar surface area (TPSA) is 58.4 Å². The molecule has 1 N–H and O–H groups in total. The van der Waals surface area contributed by atoms with Crippen LogP contribution in [0.1, 0.15) is 16.2 Å². The SMILES string of the molecule is CNCc1cc(C(=O)N(C)C)no1. The quantitative estimate of drug-likeness (QED) is 0.721. The van der Waals surface area contributed by atoms with Gasteiger partial charge in [-0.3, -0.25) is 4.79 Å². The zero-order valence-corrected chi connectivity index (χ0v) is 8.00. The molecule has 0 saturated heterocycles. The van der Waals surface area contributed by atoms with Crippen molar-refractivity contribution in [2.45, 2.75) is 6.54 Å². The summed E-state index contributed by atoms with van der Waals surface area (Å²) >= 11 is 0. The summed E-state index contributed by atoms with van der Waals surface area (Å²) in [5.41, 5.74) is 0.343. The van der Waals surface area contributed by atoms with Crippen molar-refractivity contribution in [2.24, 2.45) is 0 Å². The molecule has 1 heterocycles. The number of rotatable bonds is 3. The molecule has 0 radical (unpaired) electrons. The highest BCUT2D eigenvalue weighted by molar-refractivity contribution is 5.91. The highest BCUT2D eigenvalue weighted by Gasteiger charge is 2.13. The van der Waals surface area contributed by atoms with Gasteiger partial charge in [0.25, 0.3) is 5.91 Å². The fraction of sp³-hybridized carbons (Fsp3) is 0.500. The largest absolute Gasteiger partial charge is 0.359 e. The van der Waals surface area contributed by atoms with Gasteiger partial charge in [0, 0.05) is 20.2 Å². The number of hydrogen-bond donors (Lipinski definition) is 1. The standard InChI is InChI=1S/C8H13N3O2/c1-9-5-6-4-7(10-13-6)8(12)11(2)3/h4,9H,5H2,1-3H3. The highest BCUT2D eigenvalue weighted by Crippen LogP contribution is 2.04. The van der Waals surface area contributed by atoms with E-state index in [4.69, 9.17) is 4.52 Å². The minimum absolute atomic E-state index is 0.147. The van der Waals surface area contributed by atoms with E-state index in [2.05, 4.69) is 10.5 Å². The van der Waals surface area contributed by atoms with E-state index in [-0.39, 0.29) is 5.91 Å². The van der Waals surface area contributed by atoms with Crippen molar-refractivity contribution < 1.29 is 9.32 Å². The van der Waals surface area contributed by atoms with Gasteiger partial charge in [0.2, 0.25) is 0 Å². The molecular formula is C8H13N3O2. The average molecular weight is 183 g/mol. The molecule has 0 aromatic carbocycles. The van der Waals surface area contributed by atoms with Gasteiger partial charge in [0.1, 0.15) is 0 Å². The van der Waals surface area contributed by atoms with Crippen molar-refractivity contribution in [1.82, 2.24) is 15.4 Å². The van der Waals surface area contributed by atoms with Crippen LogP contribution in [-0.4, -0.2) is 37.1 Å². The number of nitrogens with zero attached hydrogens (tertiary/aromatic N) is 2. The second kappa shape index (κ2) is 4.04. The molecular weight excluding hydrogens is 170 g/mol. The van der Waals surface area contributed by atoms with E-state index >= 15 is 0 Å². The Balaban J connectivity index is 2.73.